The number of rotatable bonds is 3. The van der Waals surface area contributed by atoms with Crippen LogP contribution in [-0.4, -0.2) is 65.1 Å². The summed E-state index contributed by atoms with van der Waals surface area (Å²) >= 11 is 0. The van der Waals surface area contributed by atoms with E-state index in [1.54, 1.807) is 0 Å². The number of amides is 2. The molecule has 114 valence electrons. The average molecular weight is 286 g/mol. The molecule has 3 atom stereocenters. The number of carboxylic acids is 1. The monoisotopic (exact) mass is 286 g/mol. The fourth-order valence-corrected chi connectivity index (χ4v) is 2.81. The van der Waals surface area contributed by atoms with Crippen molar-refractivity contribution in [1.82, 2.24) is 10.2 Å². The number of hydrogen-bond acceptors (Lipinski definition) is 4. The van der Waals surface area contributed by atoms with Gasteiger partial charge in [0.15, 0.2) is 0 Å². The molecule has 0 spiro atoms. The van der Waals surface area contributed by atoms with E-state index in [4.69, 9.17) is 9.84 Å². The lowest BCUT2D eigenvalue weighted by Gasteiger charge is -2.37. The lowest BCUT2D eigenvalue weighted by atomic mass is 9.93. The zero-order valence-corrected chi connectivity index (χ0v) is 11.5. The van der Waals surface area contributed by atoms with Crippen molar-refractivity contribution < 1.29 is 24.5 Å². The van der Waals surface area contributed by atoms with Crippen LogP contribution >= 0.6 is 0 Å². The molecule has 0 aromatic rings. The third-order valence-corrected chi connectivity index (χ3v) is 3.94. The summed E-state index contributed by atoms with van der Waals surface area (Å²) in [4.78, 5) is 24.6. The molecule has 20 heavy (non-hydrogen) atoms. The van der Waals surface area contributed by atoms with Crippen LogP contribution in [-0.2, 0) is 9.53 Å². The van der Waals surface area contributed by atoms with Crippen LogP contribution in [0.1, 0.15) is 32.1 Å². The molecule has 0 aromatic carbocycles. The molecule has 0 aromatic heterocycles. The first-order valence-electron chi connectivity index (χ1n) is 7.12. The molecule has 2 amide bonds. The standard InChI is InChI=1S/C13H22N2O5/c16-11-4-2-1-3-10(11)14-13(19)15-5-6-20-8-9(15)7-12(17)18/h9-11,16H,1-8H2,(H,14,19)(H,17,18). The fourth-order valence-electron chi connectivity index (χ4n) is 2.81. The Bertz CT molecular complexity index is 363. The van der Waals surface area contributed by atoms with Gasteiger partial charge in [-0.2, -0.15) is 0 Å². The van der Waals surface area contributed by atoms with Gasteiger partial charge in [0.2, 0.25) is 0 Å². The first-order valence-corrected chi connectivity index (χ1v) is 7.12. The van der Waals surface area contributed by atoms with Crippen LogP contribution in [0, 0.1) is 0 Å². The minimum absolute atomic E-state index is 0.124. The molecule has 1 heterocycles. The third-order valence-electron chi connectivity index (χ3n) is 3.94. The molecule has 2 rings (SSSR count). The lowest BCUT2D eigenvalue weighted by molar-refractivity contribution is -0.139. The first-order chi connectivity index (χ1) is 9.58. The Morgan fingerprint density at radius 3 is 2.75 bits per heavy atom. The molecule has 7 heteroatoms. The second-order valence-electron chi connectivity index (χ2n) is 5.43. The van der Waals surface area contributed by atoms with Crippen LogP contribution in [0.25, 0.3) is 0 Å². The zero-order chi connectivity index (χ0) is 14.5. The van der Waals surface area contributed by atoms with Crippen LogP contribution in [0.2, 0.25) is 0 Å². The van der Waals surface area contributed by atoms with Gasteiger partial charge in [-0.25, -0.2) is 4.79 Å². The van der Waals surface area contributed by atoms with Gasteiger partial charge in [-0.1, -0.05) is 12.8 Å². The smallest absolute Gasteiger partial charge is 0.318 e. The van der Waals surface area contributed by atoms with Crippen molar-refractivity contribution in [3.63, 3.8) is 0 Å². The minimum atomic E-state index is -0.948. The second kappa shape index (κ2) is 6.90. The molecular weight excluding hydrogens is 264 g/mol. The molecule has 3 N–H and O–H groups in total. The van der Waals surface area contributed by atoms with Crippen LogP contribution in [0.15, 0.2) is 0 Å². The van der Waals surface area contributed by atoms with Crippen LogP contribution in [0.3, 0.4) is 0 Å². The number of aliphatic hydroxyl groups is 1. The number of nitrogens with zero attached hydrogens (tertiary/aromatic N) is 1. The van der Waals surface area contributed by atoms with Gasteiger partial charge in [-0.15, -0.1) is 0 Å². The van der Waals surface area contributed by atoms with Gasteiger partial charge >= 0.3 is 12.0 Å². The molecule has 0 bridgehead atoms. The van der Waals surface area contributed by atoms with Crippen molar-refractivity contribution in [2.24, 2.45) is 0 Å². The van der Waals surface area contributed by atoms with Gasteiger partial charge in [0.25, 0.3) is 0 Å². The summed E-state index contributed by atoms with van der Waals surface area (Å²) in [6.07, 6.45) is 2.80. The number of carbonyl (C=O) groups excluding carboxylic acids is 1. The molecule has 0 radical (unpaired) electrons. The summed E-state index contributed by atoms with van der Waals surface area (Å²) in [5.41, 5.74) is 0. The average Bonchev–Trinajstić information content (AvgIpc) is 2.41. The van der Waals surface area contributed by atoms with Crippen molar-refractivity contribution in [3.05, 3.63) is 0 Å². The van der Waals surface area contributed by atoms with Gasteiger partial charge in [-0.05, 0) is 12.8 Å². The Balaban J connectivity index is 1.93. The van der Waals surface area contributed by atoms with Crippen molar-refractivity contribution in [1.29, 1.82) is 0 Å². The van der Waals surface area contributed by atoms with Crippen molar-refractivity contribution >= 4 is 12.0 Å². The van der Waals surface area contributed by atoms with Gasteiger partial charge in [0, 0.05) is 6.54 Å². The van der Waals surface area contributed by atoms with E-state index in [9.17, 15) is 14.7 Å². The van der Waals surface area contributed by atoms with E-state index in [-0.39, 0.29) is 25.1 Å². The highest BCUT2D eigenvalue weighted by molar-refractivity contribution is 5.76. The van der Waals surface area contributed by atoms with Crippen molar-refractivity contribution in [3.8, 4) is 0 Å². The fraction of sp³-hybridized carbons (Fsp3) is 0.846. The maximum absolute atomic E-state index is 12.3. The van der Waals surface area contributed by atoms with E-state index in [0.29, 0.717) is 19.6 Å². The Morgan fingerprint density at radius 2 is 2.05 bits per heavy atom. The Hall–Kier alpha value is -1.34. The molecule has 7 nitrogen and oxygen atoms in total. The number of ether oxygens (including phenoxy) is 1. The van der Waals surface area contributed by atoms with E-state index in [1.165, 1.54) is 4.90 Å². The molecule has 1 aliphatic carbocycles. The molecule has 2 fully saturated rings. The van der Waals surface area contributed by atoms with Crippen molar-refractivity contribution in [2.45, 2.75) is 50.3 Å². The van der Waals surface area contributed by atoms with E-state index in [2.05, 4.69) is 5.32 Å². The topological polar surface area (TPSA) is 99.1 Å². The lowest BCUT2D eigenvalue weighted by Crippen LogP contribution is -2.57. The number of aliphatic carboxylic acids is 1. The van der Waals surface area contributed by atoms with Gasteiger partial charge < -0.3 is 25.2 Å². The summed E-state index contributed by atoms with van der Waals surface area (Å²) in [5, 5.41) is 21.6. The van der Waals surface area contributed by atoms with E-state index >= 15 is 0 Å². The highest BCUT2D eigenvalue weighted by atomic mass is 16.5. The van der Waals surface area contributed by atoms with Crippen LogP contribution in [0.4, 0.5) is 4.79 Å². The number of carbonyl (C=O) groups is 2. The van der Waals surface area contributed by atoms with Crippen LogP contribution < -0.4 is 5.32 Å². The normalized spacial score (nSPS) is 30.9. The molecule has 3 unspecified atom stereocenters. The number of hydrogen-bond donors (Lipinski definition) is 3. The predicted molar refractivity (Wildman–Crippen MR) is 70.4 cm³/mol. The van der Waals surface area contributed by atoms with Crippen molar-refractivity contribution in [2.75, 3.05) is 19.8 Å². The molecular formula is C13H22N2O5. The van der Waals surface area contributed by atoms with Gasteiger partial charge in [0.1, 0.15) is 0 Å². The Kier molecular flexibility index (Phi) is 5.19. The predicted octanol–water partition coefficient (Wildman–Crippen LogP) is 0.175. The maximum Gasteiger partial charge on any atom is 0.318 e. The second-order valence-corrected chi connectivity index (χ2v) is 5.43. The van der Waals surface area contributed by atoms with E-state index in [1.807, 2.05) is 0 Å². The zero-order valence-electron chi connectivity index (χ0n) is 11.5. The highest BCUT2D eigenvalue weighted by Crippen LogP contribution is 2.19. The SMILES string of the molecule is O=C(O)CC1COCCN1C(=O)NC1CCCCC1O. The van der Waals surface area contributed by atoms with Gasteiger partial charge in [-0.3, -0.25) is 4.79 Å². The largest absolute Gasteiger partial charge is 0.481 e. The maximum atomic E-state index is 12.3. The Morgan fingerprint density at radius 1 is 1.30 bits per heavy atom. The van der Waals surface area contributed by atoms with E-state index in [0.717, 1.165) is 19.3 Å². The number of aliphatic hydroxyl groups excluding tert-OH is 1. The summed E-state index contributed by atoms with van der Waals surface area (Å²) < 4.78 is 5.24. The highest BCUT2D eigenvalue weighted by Gasteiger charge is 2.32. The first kappa shape index (κ1) is 15.1. The van der Waals surface area contributed by atoms with Crippen LogP contribution in [0.5, 0.6) is 0 Å². The number of nitrogens with one attached hydrogen (secondary N) is 1. The number of carboxylic acid groups (broad SMARTS) is 1. The summed E-state index contributed by atoms with van der Waals surface area (Å²) in [7, 11) is 0. The quantitative estimate of drug-likeness (QED) is 0.687. The number of morpholine rings is 1. The molecule has 1 saturated heterocycles. The molecule has 1 saturated carbocycles. The third kappa shape index (κ3) is 3.83. The summed E-state index contributed by atoms with van der Waals surface area (Å²) in [5.74, 6) is -0.948. The van der Waals surface area contributed by atoms with Gasteiger partial charge in [0.05, 0.1) is 37.8 Å². The summed E-state index contributed by atoms with van der Waals surface area (Å²) in [6.45, 7) is 1.04. The van der Waals surface area contributed by atoms with E-state index < -0.39 is 18.1 Å². The Labute approximate surface area is 117 Å². The molecule has 2 aliphatic rings. The number of urea groups is 1. The summed E-state index contributed by atoms with van der Waals surface area (Å²) in [6, 6.07) is -0.975. The minimum Gasteiger partial charge on any atom is -0.481 e. The molecule has 1 aliphatic heterocycles.